The fourth-order valence-electron chi connectivity index (χ4n) is 2.12. The summed E-state index contributed by atoms with van der Waals surface area (Å²) in [7, 11) is 0. The number of nitrogens with one attached hydrogen (secondary N) is 2. The van der Waals surface area contributed by atoms with E-state index in [1.165, 1.54) is 18.4 Å². The molecule has 25 heavy (non-hydrogen) atoms. The highest BCUT2D eigenvalue weighted by molar-refractivity contribution is 7.18. The van der Waals surface area contributed by atoms with Gasteiger partial charge in [-0.1, -0.05) is 11.6 Å². The first-order valence-electron chi connectivity index (χ1n) is 7.16. The minimum absolute atomic E-state index is 0.105. The van der Waals surface area contributed by atoms with Crippen LogP contribution in [0.25, 0.3) is 0 Å². The number of furan rings is 1. The minimum Gasteiger partial charge on any atom is -0.459 e. The van der Waals surface area contributed by atoms with Crippen LogP contribution >= 0.6 is 22.9 Å². The number of benzene rings is 1. The molecule has 0 spiro atoms. The molecule has 0 fully saturated rings. The lowest BCUT2D eigenvalue weighted by Gasteiger charge is -2.06. The first kappa shape index (κ1) is 17.2. The Labute approximate surface area is 151 Å². The Kier molecular flexibility index (Phi) is 4.87. The highest BCUT2D eigenvalue weighted by atomic mass is 35.5. The number of carbonyl (C=O) groups excluding carboxylic acids is 2. The van der Waals surface area contributed by atoms with E-state index in [0.717, 1.165) is 17.4 Å². The molecule has 8 heteroatoms. The first-order valence-corrected chi connectivity index (χ1v) is 8.35. The number of anilines is 2. The zero-order chi connectivity index (χ0) is 18.0. The molecule has 5 nitrogen and oxygen atoms in total. The van der Waals surface area contributed by atoms with Gasteiger partial charge in [0.1, 0.15) is 5.82 Å². The molecule has 128 valence electrons. The van der Waals surface area contributed by atoms with E-state index in [1.54, 1.807) is 25.1 Å². The van der Waals surface area contributed by atoms with Crippen molar-refractivity contribution in [2.24, 2.45) is 0 Å². The van der Waals surface area contributed by atoms with Gasteiger partial charge >= 0.3 is 0 Å². The van der Waals surface area contributed by atoms with Gasteiger partial charge in [0.15, 0.2) is 5.76 Å². The van der Waals surface area contributed by atoms with Gasteiger partial charge in [0.2, 0.25) is 0 Å². The molecule has 0 saturated carbocycles. The predicted octanol–water partition coefficient (Wildman–Crippen LogP) is 4.95. The number of halogens is 2. The van der Waals surface area contributed by atoms with Gasteiger partial charge in [-0.15, -0.1) is 11.3 Å². The van der Waals surface area contributed by atoms with Crippen molar-refractivity contribution < 1.29 is 18.4 Å². The van der Waals surface area contributed by atoms with E-state index in [1.807, 2.05) is 0 Å². The van der Waals surface area contributed by atoms with Crippen LogP contribution in [0.5, 0.6) is 0 Å². The molecule has 0 radical (unpaired) electrons. The Morgan fingerprint density at radius 2 is 1.96 bits per heavy atom. The molecule has 2 heterocycles. The average Bonchev–Trinajstić information content (AvgIpc) is 3.20. The summed E-state index contributed by atoms with van der Waals surface area (Å²) in [6, 6.07) is 8.55. The van der Waals surface area contributed by atoms with Crippen molar-refractivity contribution in [1.82, 2.24) is 0 Å². The molecular weight excluding hydrogens is 367 g/mol. The van der Waals surface area contributed by atoms with Crippen LogP contribution in [0.15, 0.2) is 47.1 Å². The summed E-state index contributed by atoms with van der Waals surface area (Å²) < 4.78 is 18.1. The van der Waals surface area contributed by atoms with Crippen LogP contribution in [-0.4, -0.2) is 11.8 Å². The monoisotopic (exact) mass is 378 g/mol. The molecule has 3 aromatic rings. The van der Waals surface area contributed by atoms with Gasteiger partial charge in [0.25, 0.3) is 11.8 Å². The van der Waals surface area contributed by atoms with E-state index in [2.05, 4.69) is 10.6 Å². The lowest BCUT2D eigenvalue weighted by atomic mass is 10.2. The van der Waals surface area contributed by atoms with Crippen molar-refractivity contribution in [3.63, 3.8) is 0 Å². The third-order valence-corrected chi connectivity index (χ3v) is 4.75. The molecule has 0 bridgehead atoms. The molecule has 2 amide bonds. The quantitative estimate of drug-likeness (QED) is 0.675. The van der Waals surface area contributed by atoms with E-state index in [9.17, 15) is 14.0 Å². The average molecular weight is 379 g/mol. The Balaban J connectivity index is 1.75. The second-order valence-electron chi connectivity index (χ2n) is 5.13. The summed E-state index contributed by atoms with van der Waals surface area (Å²) in [6.07, 6.45) is 1.40. The normalized spacial score (nSPS) is 10.5. The van der Waals surface area contributed by atoms with Gasteiger partial charge in [-0.25, -0.2) is 4.39 Å². The highest BCUT2D eigenvalue weighted by Crippen LogP contribution is 2.29. The van der Waals surface area contributed by atoms with E-state index < -0.39 is 17.6 Å². The molecule has 0 aliphatic rings. The van der Waals surface area contributed by atoms with Crippen molar-refractivity contribution in [2.45, 2.75) is 6.92 Å². The van der Waals surface area contributed by atoms with Crippen LogP contribution in [0, 0.1) is 12.7 Å². The molecular formula is C17H12ClFN2O3S. The largest absolute Gasteiger partial charge is 0.459 e. The van der Waals surface area contributed by atoms with Crippen molar-refractivity contribution >= 4 is 45.4 Å². The van der Waals surface area contributed by atoms with Crippen LogP contribution in [0.1, 0.15) is 25.8 Å². The summed E-state index contributed by atoms with van der Waals surface area (Å²) in [5.41, 5.74) is 0.998. The maximum absolute atomic E-state index is 13.1. The molecule has 0 saturated heterocycles. The van der Waals surface area contributed by atoms with Crippen LogP contribution < -0.4 is 10.6 Å². The summed E-state index contributed by atoms with van der Waals surface area (Å²) >= 11 is 7.03. The fraction of sp³-hybridized carbons (Fsp3) is 0.0588. The summed E-state index contributed by atoms with van der Waals surface area (Å²) in [6.45, 7) is 1.75. The van der Waals surface area contributed by atoms with Crippen molar-refractivity contribution in [1.29, 1.82) is 0 Å². The van der Waals surface area contributed by atoms with E-state index in [4.69, 9.17) is 16.0 Å². The fourth-order valence-corrected chi connectivity index (χ4v) is 3.30. The van der Waals surface area contributed by atoms with E-state index in [0.29, 0.717) is 21.1 Å². The summed E-state index contributed by atoms with van der Waals surface area (Å²) in [5.74, 6) is -1.11. The van der Waals surface area contributed by atoms with Crippen LogP contribution in [0.4, 0.5) is 15.1 Å². The summed E-state index contributed by atoms with van der Waals surface area (Å²) in [5, 5.41) is 5.92. The molecule has 0 aliphatic heterocycles. The third kappa shape index (κ3) is 3.89. The van der Waals surface area contributed by atoms with Crippen LogP contribution in [-0.2, 0) is 0 Å². The molecule has 0 unspecified atom stereocenters. The van der Waals surface area contributed by atoms with Gasteiger partial charge in [-0.2, -0.15) is 0 Å². The number of carbonyl (C=O) groups is 2. The molecule has 0 aliphatic carbocycles. The van der Waals surface area contributed by atoms with Crippen molar-refractivity contribution in [2.75, 3.05) is 10.6 Å². The van der Waals surface area contributed by atoms with Gasteiger partial charge in [0, 0.05) is 0 Å². The predicted molar refractivity (Wildman–Crippen MR) is 95.1 cm³/mol. The maximum atomic E-state index is 13.1. The lowest BCUT2D eigenvalue weighted by molar-refractivity contribution is 0.0995. The highest BCUT2D eigenvalue weighted by Gasteiger charge is 2.17. The topological polar surface area (TPSA) is 71.3 Å². The van der Waals surface area contributed by atoms with Crippen molar-refractivity contribution in [3.05, 3.63) is 69.7 Å². The Morgan fingerprint density at radius 1 is 1.16 bits per heavy atom. The second-order valence-corrected chi connectivity index (χ2v) is 6.59. The van der Waals surface area contributed by atoms with Gasteiger partial charge < -0.3 is 15.1 Å². The van der Waals surface area contributed by atoms with Gasteiger partial charge in [-0.05, 0) is 48.9 Å². The standard InChI is InChI=1S/C17H12ClFN2O3S/c1-9-7-14(21-16(22)13-3-2-6-24-13)25-15(9)17(23)20-12-5-4-10(19)8-11(12)18/h2-8H,1H3,(H,20,23)(H,21,22). The molecule has 3 rings (SSSR count). The van der Waals surface area contributed by atoms with Crippen molar-refractivity contribution in [3.8, 4) is 0 Å². The van der Waals surface area contributed by atoms with Crippen LogP contribution in [0.2, 0.25) is 5.02 Å². The first-order chi connectivity index (χ1) is 11.9. The van der Waals surface area contributed by atoms with E-state index in [-0.39, 0.29) is 10.8 Å². The molecule has 1 aromatic carbocycles. The minimum atomic E-state index is -0.488. The zero-order valence-electron chi connectivity index (χ0n) is 12.9. The zero-order valence-corrected chi connectivity index (χ0v) is 14.5. The molecule has 2 aromatic heterocycles. The Morgan fingerprint density at radius 3 is 2.64 bits per heavy atom. The SMILES string of the molecule is Cc1cc(NC(=O)c2ccco2)sc1C(=O)Nc1ccc(F)cc1Cl. The lowest BCUT2D eigenvalue weighted by Crippen LogP contribution is -2.11. The molecule has 2 N–H and O–H groups in total. The number of hydrogen-bond donors (Lipinski definition) is 2. The van der Waals surface area contributed by atoms with Gasteiger partial charge in [-0.3, -0.25) is 9.59 Å². The Bertz CT molecular complexity index is 938. The summed E-state index contributed by atoms with van der Waals surface area (Å²) in [4.78, 5) is 24.8. The van der Waals surface area contributed by atoms with Crippen LogP contribution in [0.3, 0.4) is 0 Å². The number of hydrogen-bond acceptors (Lipinski definition) is 4. The third-order valence-electron chi connectivity index (χ3n) is 3.29. The number of rotatable bonds is 4. The Hall–Kier alpha value is -2.64. The number of thiophene rings is 1. The number of amides is 2. The smallest absolute Gasteiger partial charge is 0.291 e. The van der Waals surface area contributed by atoms with E-state index >= 15 is 0 Å². The van der Waals surface area contributed by atoms with Gasteiger partial charge in [0.05, 0.1) is 26.9 Å². The maximum Gasteiger partial charge on any atom is 0.291 e. The number of aryl methyl sites for hydroxylation is 1. The molecule has 0 atom stereocenters. The second kappa shape index (κ2) is 7.08.